The van der Waals surface area contributed by atoms with Crippen LogP contribution >= 0.6 is 0 Å². The highest BCUT2D eigenvalue weighted by Gasteiger charge is 2.46. The van der Waals surface area contributed by atoms with Crippen LogP contribution in [0.3, 0.4) is 0 Å². The molecule has 0 aromatic carbocycles. The number of amides is 1. The standard InChI is InChI=1S/C22H26FN7O2/c1-4-32-20-16(7-25-21(28-20)30-9-14-6-24-11-22(14,3)12-30)19(31)27-15-5-17(23)18-26-13(2)8-29(18)10-15/h5,7-8,10,14,24H,4,6,9,11-12H2,1-3H3,(H,27,31)/t14-,22+/m0/s1. The Morgan fingerprint density at radius 2 is 2.25 bits per heavy atom. The van der Waals surface area contributed by atoms with Crippen LogP contribution in [0.5, 0.6) is 5.88 Å². The topological polar surface area (TPSA) is 96.7 Å². The van der Waals surface area contributed by atoms with Gasteiger partial charge in [-0.1, -0.05) is 6.92 Å². The molecule has 2 fully saturated rings. The number of hydrogen-bond acceptors (Lipinski definition) is 7. The molecule has 0 spiro atoms. The number of imidazole rings is 1. The van der Waals surface area contributed by atoms with E-state index >= 15 is 0 Å². The molecule has 5 rings (SSSR count). The molecule has 32 heavy (non-hydrogen) atoms. The van der Waals surface area contributed by atoms with Gasteiger partial charge in [-0.15, -0.1) is 0 Å². The Labute approximate surface area is 185 Å². The van der Waals surface area contributed by atoms with Gasteiger partial charge in [0.2, 0.25) is 11.8 Å². The minimum Gasteiger partial charge on any atom is -0.477 e. The van der Waals surface area contributed by atoms with E-state index in [0.717, 1.165) is 26.2 Å². The third-order valence-corrected chi connectivity index (χ3v) is 6.33. The molecule has 2 aliphatic heterocycles. The van der Waals surface area contributed by atoms with Crippen LogP contribution in [0.15, 0.2) is 24.7 Å². The van der Waals surface area contributed by atoms with Crippen molar-refractivity contribution in [2.75, 3.05) is 43.0 Å². The summed E-state index contributed by atoms with van der Waals surface area (Å²) in [6, 6.07) is 1.24. The molecule has 9 nitrogen and oxygen atoms in total. The highest BCUT2D eigenvalue weighted by atomic mass is 19.1. The van der Waals surface area contributed by atoms with Crippen molar-refractivity contribution in [3.8, 4) is 5.88 Å². The van der Waals surface area contributed by atoms with Crippen LogP contribution in [-0.4, -0.2) is 58.0 Å². The third-order valence-electron chi connectivity index (χ3n) is 6.33. The molecule has 0 bridgehead atoms. The summed E-state index contributed by atoms with van der Waals surface area (Å²) in [4.78, 5) is 28.3. The molecular weight excluding hydrogens is 413 g/mol. The van der Waals surface area contributed by atoms with Crippen molar-refractivity contribution in [3.63, 3.8) is 0 Å². The maximum Gasteiger partial charge on any atom is 0.262 e. The van der Waals surface area contributed by atoms with Crippen LogP contribution in [-0.2, 0) is 0 Å². The van der Waals surface area contributed by atoms with Crippen LogP contribution in [0.25, 0.3) is 5.65 Å². The maximum absolute atomic E-state index is 14.4. The lowest BCUT2D eigenvalue weighted by Crippen LogP contribution is -2.31. The Hall–Kier alpha value is -3.27. The van der Waals surface area contributed by atoms with Crippen molar-refractivity contribution in [1.29, 1.82) is 0 Å². The molecule has 168 valence electrons. The Balaban J connectivity index is 1.40. The molecule has 0 unspecified atom stereocenters. The predicted molar refractivity (Wildman–Crippen MR) is 118 cm³/mol. The first-order valence-corrected chi connectivity index (χ1v) is 10.8. The summed E-state index contributed by atoms with van der Waals surface area (Å²) in [5, 5.41) is 6.17. The SMILES string of the molecule is CCOc1nc(N2C[C@@H]3CNC[C@]3(C)C2)ncc1C(=O)Nc1cc(F)c2nc(C)cn2c1. The number of halogens is 1. The number of carbonyl (C=O) groups is 1. The average molecular weight is 439 g/mol. The van der Waals surface area contributed by atoms with Crippen LogP contribution in [0.1, 0.15) is 29.9 Å². The molecule has 2 N–H and O–H groups in total. The first kappa shape index (κ1) is 20.6. The number of anilines is 2. The number of nitrogens with zero attached hydrogens (tertiary/aromatic N) is 5. The molecule has 5 heterocycles. The number of aromatic nitrogens is 4. The third kappa shape index (κ3) is 3.54. The number of rotatable bonds is 5. The Bertz CT molecular complexity index is 1200. The predicted octanol–water partition coefficient (Wildman–Crippen LogP) is 2.27. The summed E-state index contributed by atoms with van der Waals surface area (Å²) in [7, 11) is 0. The molecule has 0 saturated carbocycles. The van der Waals surface area contributed by atoms with E-state index in [9.17, 15) is 9.18 Å². The lowest BCUT2D eigenvalue weighted by atomic mass is 9.83. The summed E-state index contributed by atoms with van der Waals surface area (Å²) in [6.45, 7) is 9.93. The number of hydrogen-bond donors (Lipinski definition) is 2. The number of aryl methyl sites for hydroxylation is 1. The van der Waals surface area contributed by atoms with E-state index in [1.54, 1.807) is 23.7 Å². The van der Waals surface area contributed by atoms with Gasteiger partial charge in [-0.25, -0.2) is 14.4 Å². The normalized spacial score (nSPS) is 22.4. The molecule has 2 saturated heterocycles. The second-order valence-electron chi connectivity index (χ2n) is 8.83. The molecule has 0 aliphatic carbocycles. The number of carbonyl (C=O) groups excluding carboxylic acids is 1. The van der Waals surface area contributed by atoms with Crippen LogP contribution in [0.2, 0.25) is 0 Å². The number of ether oxygens (including phenoxy) is 1. The zero-order chi connectivity index (χ0) is 22.5. The van der Waals surface area contributed by atoms with Gasteiger partial charge in [0.25, 0.3) is 5.91 Å². The van der Waals surface area contributed by atoms with Crippen molar-refractivity contribution in [2.45, 2.75) is 20.8 Å². The lowest BCUT2D eigenvalue weighted by molar-refractivity contribution is 0.102. The second kappa shape index (κ2) is 7.70. The molecular formula is C22H26FN7O2. The van der Waals surface area contributed by atoms with E-state index in [-0.39, 0.29) is 22.5 Å². The van der Waals surface area contributed by atoms with Gasteiger partial charge in [-0.05, 0) is 19.8 Å². The summed E-state index contributed by atoms with van der Waals surface area (Å²) in [6.07, 6.45) is 4.79. The first-order chi connectivity index (χ1) is 15.4. The Morgan fingerprint density at radius 3 is 3.03 bits per heavy atom. The highest BCUT2D eigenvalue weighted by Crippen LogP contribution is 2.39. The van der Waals surface area contributed by atoms with E-state index in [0.29, 0.717) is 29.9 Å². The maximum atomic E-state index is 14.4. The van der Waals surface area contributed by atoms with Gasteiger partial charge in [-0.3, -0.25) is 4.79 Å². The molecule has 0 radical (unpaired) electrons. The zero-order valence-electron chi connectivity index (χ0n) is 18.4. The minimum atomic E-state index is -0.518. The van der Waals surface area contributed by atoms with Crippen molar-refractivity contribution in [3.05, 3.63) is 41.7 Å². The Kier molecular flexibility index (Phi) is 4.96. The minimum absolute atomic E-state index is 0.194. The number of fused-ring (bicyclic) bond motifs is 2. The van der Waals surface area contributed by atoms with E-state index in [2.05, 4.69) is 37.4 Å². The molecule has 1 amide bonds. The second-order valence-corrected chi connectivity index (χ2v) is 8.83. The molecule has 2 aliphatic rings. The highest BCUT2D eigenvalue weighted by molar-refractivity contribution is 6.05. The molecule has 2 atom stereocenters. The van der Waals surface area contributed by atoms with Crippen molar-refractivity contribution < 1.29 is 13.9 Å². The van der Waals surface area contributed by atoms with Gasteiger partial charge in [-0.2, -0.15) is 4.98 Å². The summed E-state index contributed by atoms with van der Waals surface area (Å²) >= 11 is 0. The van der Waals surface area contributed by atoms with Crippen molar-refractivity contribution in [2.24, 2.45) is 11.3 Å². The van der Waals surface area contributed by atoms with Gasteiger partial charge in [0.1, 0.15) is 5.56 Å². The van der Waals surface area contributed by atoms with Crippen molar-refractivity contribution in [1.82, 2.24) is 24.7 Å². The van der Waals surface area contributed by atoms with Gasteiger partial charge < -0.3 is 24.7 Å². The monoisotopic (exact) mass is 439 g/mol. The number of pyridine rings is 1. The molecule has 3 aromatic heterocycles. The van der Waals surface area contributed by atoms with Gasteiger partial charge >= 0.3 is 0 Å². The number of nitrogens with one attached hydrogen (secondary N) is 2. The summed E-state index contributed by atoms with van der Waals surface area (Å²) < 4.78 is 21.6. The fourth-order valence-electron chi connectivity index (χ4n) is 4.67. The lowest BCUT2D eigenvalue weighted by Gasteiger charge is -2.22. The molecule has 10 heteroatoms. The summed E-state index contributed by atoms with van der Waals surface area (Å²) in [5.74, 6) is 0.332. The van der Waals surface area contributed by atoms with Gasteiger partial charge in [0.05, 0.1) is 18.0 Å². The van der Waals surface area contributed by atoms with E-state index in [1.807, 2.05) is 6.92 Å². The van der Waals surface area contributed by atoms with Crippen molar-refractivity contribution >= 4 is 23.2 Å². The van der Waals surface area contributed by atoms with Crippen LogP contribution in [0, 0.1) is 24.1 Å². The van der Waals surface area contributed by atoms with E-state index < -0.39 is 11.7 Å². The molecule has 3 aromatic rings. The first-order valence-electron chi connectivity index (χ1n) is 10.8. The van der Waals surface area contributed by atoms with Crippen LogP contribution < -0.4 is 20.3 Å². The summed E-state index contributed by atoms with van der Waals surface area (Å²) in [5.41, 5.74) is 1.59. The van der Waals surface area contributed by atoms with E-state index in [4.69, 9.17) is 4.74 Å². The zero-order valence-corrected chi connectivity index (χ0v) is 18.4. The fourth-order valence-corrected chi connectivity index (χ4v) is 4.67. The van der Waals surface area contributed by atoms with E-state index in [1.165, 1.54) is 12.3 Å². The van der Waals surface area contributed by atoms with Crippen LogP contribution in [0.4, 0.5) is 16.0 Å². The Morgan fingerprint density at radius 1 is 1.41 bits per heavy atom. The smallest absolute Gasteiger partial charge is 0.262 e. The van der Waals surface area contributed by atoms with Gasteiger partial charge in [0.15, 0.2) is 11.5 Å². The largest absolute Gasteiger partial charge is 0.477 e. The van der Waals surface area contributed by atoms with Gasteiger partial charge in [0, 0.05) is 56.3 Å². The average Bonchev–Trinajstić information content (AvgIpc) is 3.38. The quantitative estimate of drug-likeness (QED) is 0.630. The fraction of sp³-hybridized carbons (Fsp3) is 0.455.